The fourth-order valence-electron chi connectivity index (χ4n) is 5.13. The minimum atomic E-state index is -0.138. The first kappa shape index (κ1) is 30.3. The minimum Gasteiger partial charge on any atom is -0.494 e. The molecule has 0 saturated carbocycles. The van der Waals surface area contributed by atoms with E-state index >= 15 is 0 Å². The second-order valence-electron chi connectivity index (χ2n) is 11.4. The van der Waals surface area contributed by atoms with Crippen LogP contribution in [0, 0.1) is 5.41 Å². The van der Waals surface area contributed by atoms with Gasteiger partial charge in [-0.3, -0.25) is 4.79 Å². The van der Waals surface area contributed by atoms with E-state index in [0.717, 1.165) is 62.9 Å². The number of aromatic nitrogens is 3. The van der Waals surface area contributed by atoms with Crippen molar-refractivity contribution < 1.29 is 19.0 Å². The van der Waals surface area contributed by atoms with Crippen molar-refractivity contribution in [2.45, 2.75) is 58.9 Å². The van der Waals surface area contributed by atoms with Crippen LogP contribution in [0.2, 0.25) is 0 Å². The van der Waals surface area contributed by atoms with E-state index in [1.165, 1.54) is 0 Å². The number of hydrogen-bond acceptors (Lipinski definition) is 10. The van der Waals surface area contributed by atoms with Crippen LogP contribution in [-0.2, 0) is 6.54 Å². The average molecular weight is 590 g/mol. The predicted octanol–water partition coefficient (Wildman–Crippen LogP) is 5.08. The van der Waals surface area contributed by atoms with Crippen LogP contribution in [-0.4, -0.2) is 60.3 Å². The Labute approximate surface area is 253 Å². The summed E-state index contributed by atoms with van der Waals surface area (Å²) >= 11 is 0. The number of piperidine rings is 1. The van der Waals surface area contributed by atoms with E-state index in [4.69, 9.17) is 14.2 Å². The van der Waals surface area contributed by atoms with Crippen LogP contribution in [0.3, 0.4) is 0 Å². The highest BCUT2D eigenvalue weighted by molar-refractivity contribution is 5.97. The van der Waals surface area contributed by atoms with Crippen molar-refractivity contribution in [3.05, 3.63) is 53.6 Å². The second kappa shape index (κ2) is 14.9. The molecular weight excluding hydrogens is 546 g/mol. The van der Waals surface area contributed by atoms with Gasteiger partial charge in [0.1, 0.15) is 11.5 Å². The number of amides is 1. The zero-order chi connectivity index (χ0) is 29.9. The van der Waals surface area contributed by atoms with Gasteiger partial charge in [-0.15, -0.1) is 0 Å². The molecule has 230 valence electrons. The SMILES string of the molecule is CCOc1nc2nc(n1)Nc1ccc(C(=O)NCC3(C)CCNCC3)c(c1)OCCCCCCOc1ccc(cc1)CN2. The third-order valence-electron chi connectivity index (χ3n) is 7.80. The third-order valence-corrected chi connectivity index (χ3v) is 7.80. The maximum atomic E-state index is 13.4. The highest BCUT2D eigenvalue weighted by atomic mass is 16.5. The number of fused-ring (bicyclic) bond motifs is 10. The molecule has 3 aliphatic rings. The first-order valence-electron chi connectivity index (χ1n) is 15.4. The van der Waals surface area contributed by atoms with Gasteiger partial charge in [-0.2, -0.15) is 15.0 Å². The minimum absolute atomic E-state index is 0.0813. The molecule has 0 atom stereocenters. The zero-order valence-electron chi connectivity index (χ0n) is 25.2. The van der Waals surface area contributed by atoms with Crippen LogP contribution in [0.1, 0.15) is 68.3 Å². The van der Waals surface area contributed by atoms with Crippen LogP contribution >= 0.6 is 0 Å². The zero-order valence-corrected chi connectivity index (χ0v) is 25.2. The fourth-order valence-corrected chi connectivity index (χ4v) is 5.13. The molecule has 3 aromatic rings. The van der Waals surface area contributed by atoms with Crippen LogP contribution in [0.4, 0.5) is 17.6 Å². The Morgan fingerprint density at radius 2 is 1.70 bits per heavy atom. The number of carbonyl (C=O) groups excluding carboxylic acids is 1. The molecule has 0 unspecified atom stereocenters. The van der Waals surface area contributed by atoms with Crippen molar-refractivity contribution in [1.29, 1.82) is 0 Å². The third kappa shape index (κ3) is 8.93. The molecule has 3 aliphatic heterocycles. The van der Waals surface area contributed by atoms with Crippen LogP contribution in [0.25, 0.3) is 0 Å². The van der Waals surface area contributed by atoms with Gasteiger partial charge in [0.05, 0.1) is 25.4 Å². The summed E-state index contributed by atoms with van der Waals surface area (Å²) in [5.41, 5.74) is 2.34. The number of carbonyl (C=O) groups is 1. The first-order valence-corrected chi connectivity index (χ1v) is 15.4. The molecule has 6 rings (SSSR count). The van der Waals surface area contributed by atoms with E-state index in [-0.39, 0.29) is 17.3 Å². The van der Waals surface area contributed by atoms with Gasteiger partial charge in [-0.1, -0.05) is 19.1 Å². The van der Waals surface area contributed by atoms with Crippen molar-refractivity contribution in [2.24, 2.45) is 5.41 Å². The summed E-state index contributed by atoms with van der Waals surface area (Å²) in [5.74, 6) is 1.93. The van der Waals surface area contributed by atoms with Crippen LogP contribution in [0.5, 0.6) is 17.5 Å². The molecule has 11 nitrogen and oxygen atoms in total. The maximum Gasteiger partial charge on any atom is 0.323 e. The molecule has 0 aliphatic carbocycles. The first-order chi connectivity index (χ1) is 21.0. The van der Waals surface area contributed by atoms with Crippen molar-refractivity contribution in [1.82, 2.24) is 25.6 Å². The Kier molecular flexibility index (Phi) is 10.5. The molecule has 4 N–H and O–H groups in total. The number of nitrogens with zero attached hydrogens (tertiary/aromatic N) is 3. The molecule has 1 fully saturated rings. The second-order valence-corrected chi connectivity index (χ2v) is 11.4. The Hall–Kier alpha value is -4.12. The highest BCUT2D eigenvalue weighted by Crippen LogP contribution is 2.29. The molecule has 0 radical (unpaired) electrons. The van der Waals surface area contributed by atoms with E-state index < -0.39 is 0 Å². The Morgan fingerprint density at radius 3 is 2.47 bits per heavy atom. The smallest absolute Gasteiger partial charge is 0.323 e. The van der Waals surface area contributed by atoms with Gasteiger partial charge in [-0.05, 0) is 93.8 Å². The molecule has 1 amide bonds. The highest BCUT2D eigenvalue weighted by Gasteiger charge is 2.27. The number of ether oxygens (including phenoxy) is 3. The van der Waals surface area contributed by atoms with E-state index in [0.29, 0.717) is 61.8 Å². The Balaban J connectivity index is 1.37. The predicted molar refractivity (Wildman–Crippen MR) is 166 cm³/mol. The van der Waals surface area contributed by atoms with Crippen molar-refractivity contribution in [2.75, 3.05) is 50.1 Å². The van der Waals surface area contributed by atoms with Gasteiger partial charge in [0.25, 0.3) is 5.91 Å². The average Bonchev–Trinajstić information content (AvgIpc) is 3.01. The Morgan fingerprint density at radius 1 is 0.953 bits per heavy atom. The van der Waals surface area contributed by atoms with E-state index in [2.05, 4.69) is 43.1 Å². The molecular formula is C32H43N7O4. The largest absolute Gasteiger partial charge is 0.494 e. The van der Waals surface area contributed by atoms with Crippen LogP contribution < -0.4 is 35.5 Å². The summed E-state index contributed by atoms with van der Waals surface area (Å²) in [6.45, 7) is 8.79. The van der Waals surface area contributed by atoms with Gasteiger partial charge in [-0.25, -0.2) is 0 Å². The summed E-state index contributed by atoms with van der Waals surface area (Å²) in [6, 6.07) is 13.7. The van der Waals surface area contributed by atoms with E-state index in [1.807, 2.05) is 43.3 Å². The molecule has 1 aromatic heterocycles. The van der Waals surface area contributed by atoms with E-state index in [1.54, 1.807) is 6.07 Å². The lowest BCUT2D eigenvalue weighted by molar-refractivity contribution is 0.0918. The maximum absolute atomic E-state index is 13.4. The van der Waals surface area contributed by atoms with Gasteiger partial charge in [0.15, 0.2) is 0 Å². The summed E-state index contributed by atoms with van der Waals surface area (Å²) in [5, 5.41) is 13.1. The molecule has 6 bridgehead atoms. The topological polar surface area (TPSA) is 132 Å². The van der Waals surface area contributed by atoms with Gasteiger partial charge >= 0.3 is 6.01 Å². The normalized spacial score (nSPS) is 17.2. The number of hydrogen-bond donors (Lipinski definition) is 4. The Bertz CT molecular complexity index is 1350. The molecule has 0 spiro atoms. The van der Waals surface area contributed by atoms with Crippen molar-refractivity contribution in [3.63, 3.8) is 0 Å². The van der Waals surface area contributed by atoms with E-state index in [9.17, 15) is 4.79 Å². The van der Waals surface area contributed by atoms with Crippen molar-refractivity contribution >= 4 is 23.5 Å². The number of rotatable bonds is 5. The lowest BCUT2D eigenvalue weighted by Gasteiger charge is -2.34. The number of nitrogens with one attached hydrogen (secondary N) is 4. The molecule has 11 heteroatoms. The van der Waals surface area contributed by atoms with Crippen LogP contribution in [0.15, 0.2) is 42.5 Å². The standard InChI is InChI=1S/C32H43N7O4/c1-3-41-31-38-29-34-21-23-8-11-25(12-9-23)42-18-6-4-5-7-19-43-27-20-24(36-30(37-29)39-31)10-13-26(27)28(40)35-22-32(2)14-16-33-17-15-32/h8-13,20,33H,3-7,14-19,21-22H2,1-2H3,(H,35,40)(H2,34,36,37,38,39). The van der Waals surface area contributed by atoms with Crippen molar-refractivity contribution in [3.8, 4) is 17.5 Å². The summed E-state index contributed by atoms with van der Waals surface area (Å²) in [6.07, 6.45) is 5.94. The molecule has 2 aromatic carbocycles. The summed E-state index contributed by atoms with van der Waals surface area (Å²) in [4.78, 5) is 26.8. The lowest BCUT2D eigenvalue weighted by Crippen LogP contribution is -2.43. The fraction of sp³-hybridized carbons (Fsp3) is 0.500. The number of anilines is 3. The molecule has 43 heavy (non-hydrogen) atoms. The van der Waals surface area contributed by atoms with Gasteiger partial charge < -0.3 is 35.5 Å². The van der Waals surface area contributed by atoms with Gasteiger partial charge in [0.2, 0.25) is 11.9 Å². The summed E-state index contributed by atoms with van der Waals surface area (Å²) in [7, 11) is 0. The summed E-state index contributed by atoms with van der Waals surface area (Å²) < 4.78 is 17.7. The van der Waals surface area contributed by atoms with Gasteiger partial charge in [0, 0.05) is 24.8 Å². The number of benzene rings is 2. The quantitative estimate of drug-likeness (QED) is 0.320. The lowest BCUT2D eigenvalue weighted by atomic mass is 9.81. The molecule has 4 heterocycles. The molecule has 1 saturated heterocycles. The monoisotopic (exact) mass is 589 g/mol.